The highest BCUT2D eigenvalue weighted by Crippen LogP contribution is 2.19. The van der Waals surface area contributed by atoms with Crippen molar-refractivity contribution < 1.29 is 23.1 Å². The summed E-state index contributed by atoms with van der Waals surface area (Å²) in [7, 11) is -2.95. The van der Waals surface area contributed by atoms with Gasteiger partial charge in [0.1, 0.15) is 6.04 Å². The lowest BCUT2D eigenvalue weighted by atomic mass is 10.0. The van der Waals surface area contributed by atoms with Crippen molar-refractivity contribution in [3.05, 3.63) is 0 Å². The minimum atomic E-state index is -2.95. The second-order valence-corrected chi connectivity index (χ2v) is 7.73. The Kier molecular flexibility index (Phi) is 4.52. The number of nitrogens with zero attached hydrogens (tertiary/aromatic N) is 1. The quantitative estimate of drug-likeness (QED) is 0.768. The predicted molar refractivity (Wildman–Crippen MR) is 72.1 cm³/mol. The van der Waals surface area contributed by atoms with Crippen molar-refractivity contribution in [1.82, 2.24) is 10.2 Å². The van der Waals surface area contributed by atoms with E-state index in [1.807, 2.05) is 0 Å². The molecular weight excluding hydrogens is 284 g/mol. The Morgan fingerprint density at radius 1 is 1.25 bits per heavy atom. The van der Waals surface area contributed by atoms with Crippen molar-refractivity contribution in [2.75, 3.05) is 24.6 Å². The molecular formula is C12H20N2O5S. The van der Waals surface area contributed by atoms with Crippen LogP contribution in [-0.4, -0.2) is 61.1 Å². The summed E-state index contributed by atoms with van der Waals surface area (Å²) in [6.07, 6.45) is 2.64. The normalized spacial score (nSPS) is 29.1. The third kappa shape index (κ3) is 3.62. The van der Waals surface area contributed by atoms with Crippen LogP contribution < -0.4 is 5.32 Å². The topological polar surface area (TPSA) is 104 Å². The number of hydrogen-bond acceptors (Lipinski definition) is 4. The van der Waals surface area contributed by atoms with Gasteiger partial charge in [0, 0.05) is 13.1 Å². The van der Waals surface area contributed by atoms with E-state index in [0.717, 1.165) is 12.8 Å². The number of sulfone groups is 1. The molecule has 20 heavy (non-hydrogen) atoms. The highest BCUT2D eigenvalue weighted by Gasteiger charge is 2.33. The van der Waals surface area contributed by atoms with E-state index >= 15 is 0 Å². The molecule has 114 valence electrons. The summed E-state index contributed by atoms with van der Waals surface area (Å²) in [4.78, 5) is 24.5. The van der Waals surface area contributed by atoms with Gasteiger partial charge in [-0.1, -0.05) is 0 Å². The van der Waals surface area contributed by atoms with Crippen LogP contribution in [0.1, 0.15) is 25.7 Å². The molecule has 0 saturated carbocycles. The summed E-state index contributed by atoms with van der Waals surface area (Å²) in [6, 6.07) is -1.17. The van der Waals surface area contributed by atoms with E-state index in [1.165, 1.54) is 4.90 Å². The van der Waals surface area contributed by atoms with Crippen LogP contribution in [0.15, 0.2) is 0 Å². The largest absolute Gasteiger partial charge is 0.480 e. The number of likely N-dealkylation sites (tertiary alicyclic amines) is 1. The molecule has 8 heteroatoms. The van der Waals surface area contributed by atoms with Crippen molar-refractivity contribution in [2.24, 2.45) is 5.92 Å². The van der Waals surface area contributed by atoms with Crippen LogP contribution in [0.4, 0.5) is 4.79 Å². The number of urea groups is 1. The Morgan fingerprint density at radius 3 is 2.60 bits per heavy atom. The molecule has 2 rings (SSSR count). The fraction of sp³-hybridized carbons (Fsp3) is 0.833. The van der Waals surface area contributed by atoms with Gasteiger partial charge >= 0.3 is 12.0 Å². The predicted octanol–water partition coefficient (Wildman–Crippen LogP) is 0.0698. The first kappa shape index (κ1) is 15.1. The number of carboxylic acids is 1. The molecule has 0 aromatic rings. The summed E-state index contributed by atoms with van der Waals surface area (Å²) in [6.45, 7) is 0.729. The minimum absolute atomic E-state index is 0.0583. The van der Waals surface area contributed by atoms with Crippen LogP contribution in [0.3, 0.4) is 0 Å². The summed E-state index contributed by atoms with van der Waals surface area (Å²) >= 11 is 0. The molecule has 0 aliphatic carbocycles. The fourth-order valence-electron chi connectivity index (χ4n) is 2.80. The van der Waals surface area contributed by atoms with Gasteiger partial charge in [0.25, 0.3) is 0 Å². The Labute approximate surface area is 118 Å². The molecule has 0 spiro atoms. The van der Waals surface area contributed by atoms with Gasteiger partial charge in [-0.2, -0.15) is 0 Å². The second-order valence-electron chi connectivity index (χ2n) is 5.50. The van der Waals surface area contributed by atoms with E-state index in [0.29, 0.717) is 25.9 Å². The Balaban J connectivity index is 1.86. The van der Waals surface area contributed by atoms with Gasteiger partial charge in [-0.25, -0.2) is 18.0 Å². The monoisotopic (exact) mass is 304 g/mol. The molecule has 2 amide bonds. The molecule has 2 fully saturated rings. The van der Waals surface area contributed by atoms with Crippen LogP contribution in [0.5, 0.6) is 0 Å². The maximum atomic E-state index is 12.0. The number of carbonyl (C=O) groups is 2. The van der Waals surface area contributed by atoms with Gasteiger partial charge in [-0.3, -0.25) is 0 Å². The van der Waals surface area contributed by atoms with Gasteiger partial charge in [0.15, 0.2) is 9.84 Å². The lowest BCUT2D eigenvalue weighted by Gasteiger charge is -2.33. The van der Waals surface area contributed by atoms with Gasteiger partial charge in [0.05, 0.1) is 11.5 Å². The standard InChI is InChI=1S/C12H20N2O5S/c15-11(16)10-3-1-2-5-14(10)12(17)13-7-9-4-6-20(18,19)8-9/h9-10H,1-8H2,(H,13,17)(H,15,16). The number of carboxylic acid groups (broad SMARTS) is 1. The van der Waals surface area contributed by atoms with Crippen LogP contribution in [-0.2, 0) is 14.6 Å². The molecule has 2 aliphatic heterocycles. The third-order valence-electron chi connectivity index (χ3n) is 3.92. The number of carbonyl (C=O) groups excluding carboxylic acids is 1. The first-order chi connectivity index (χ1) is 9.39. The Morgan fingerprint density at radius 2 is 2.00 bits per heavy atom. The molecule has 2 N–H and O–H groups in total. The van der Waals surface area contributed by atoms with E-state index in [4.69, 9.17) is 5.11 Å². The fourth-order valence-corrected chi connectivity index (χ4v) is 4.66. The van der Waals surface area contributed by atoms with Crippen molar-refractivity contribution in [3.8, 4) is 0 Å². The zero-order valence-corrected chi connectivity index (χ0v) is 12.1. The van der Waals surface area contributed by atoms with E-state index in [2.05, 4.69) is 5.32 Å². The molecule has 2 unspecified atom stereocenters. The van der Waals surface area contributed by atoms with Crippen molar-refractivity contribution in [3.63, 3.8) is 0 Å². The number of nitrogens with one attached hydrogen (secondary N) is 1. The summed E-state index contributed by atoms with van der Waals surface area (Å²) in [5.41, 5.74) is 0. The number of rotatable bonds is 3. The van der Waals surface area contributed by atoms with Crippen LogP contribution in [0.2, 0.25) is 0 Å². The van der Waals surface area contributed by atoms with Crippen molar-refractivity contribution in [2.45, 2.75) is 31.7 Å². The molecule has 2 aliphatic rings. The summed E-state index contributed by atoms with van der Waals surface area (Å²) in [5.74, 6) is -0.759. The number of amides is 2. The van der Waals surface area contributed by atoms with E-state index in [-0.39, 0.29) is 17.4 Å². The average Bonchev–Trinajstić information content (AvgIpc) is 2.75. The van der Waals surface area contributed by atoms with Crippen LogP contribution in [0.25, 0.3) is 0 Å². The molecule has 0 aromatic heterocycles. The molecule has 0 radical (unpaired) electrons. The number of aliphatic carboxylic acids is 1. The van der Waals surface area contributed by atoms with Crippen LogP contribution >= 0.6 is 0 Å². The van der Waals surface area contributed by atoms with E-state index in [9.17, 15) is 18.0 Å². The Hall–Kier alpha value is -1.31. The highest BCUT2D eigenvalue weighted by atomic mass is 32.2. The lowest BCUT2D eigenvalue weighted by Crippen LogP contribution is -2.52. The van der Waals surface area contributed by atoms with Crippen molar-refractivity contribution >= 4 is 21.8 Å². The summed E-state index contributed by atoms with van der Waals surface area (Å²) < 4.78 is 22.7. The highest BCUT2D eigenvalue weighted by molar-refractivity contribution is 7.91. The average molecular weight is 304 g/mol. The zero-order chi connectivity index (χ0) is 14.8. The maximum absolute atomic E-state index is 12.0. The second kappa shape index (κ2) is 5.99. The third-order valence-corrected chi connectivity index (χ3v) is 5.75. The van der Waals surface area contributed by atoms with Gasteiger partial charge in [-0.05, 0) is 31.6 Å². The minimum Gasteiger partial charge on any atom is -0.480 e. The molecule has 2 saturated heterocycles. The number of piperidine rings is 1. The lowest BCUT2D eigenvalue weighted by molar-refractivity contribution is -0.143. The number of hydrogen-bond donors (Lipinski definition) is 2. The van der Waals surface area contributed by atoms with Gasteiger partial charge in [0.2, 0.25) is 0 Å². The van der Waals surface area contributed by atoms with Crippen molar-refractivity contribution in [1.29, 1.82) is 0 Å². The molecule has 0 bridgehead atoms. The summed E-state index contributed by atoms with van der Waals surface area (Å²) in [5, 5.41) is 11.8. The molecule has 2 atom stereocenters. The smallest absolute Gasteiger partial charge is 0.326 e. The first-order valence-corrected chi connectivity index (χ1v) is 8.69. The van der Waals surface area contributed by atoms with E-state index in [1.54, 1.807) is 0 Å². The zero-order valence-electron chi connectivity index (χ0n) is 11.2. The molecule has 7 nitrogen and oxygen atoms in total. The maximum Gasteiger partial charge on any atom is 0.326 e. The van der Waals surface area contributed by atoms with E-state index < -0.39 is 27.9 Å². The van der Waals surface area contributed by atoms with Crippen LogP contribution in [0, 0.1) is 5.92 Å². The van der Waals surface area contributed by atoms with Gasteiger partial charge < -0.3 is 15.3 Å². The molecule has 0 aromatic carbocycles. The first-order valence-electron chi connectivity index (χ1n) is 6.87. The SMILES string of the molecule is O=C(O)C1CCCCN1C(=O)NCC1CCS(=O)(=O)C1. The Bertz CT molecular complexity index is 490. The molecule has 2 heterocycles. The van der Waals surface area contributed by atoms with Gasteiger partial charge in [-0.15, -0.1) is 0 Å².